The van der Waals surface area contributed by atoms with Crippen LogP contribution in [0.1, 0.15) is 22.8 Å². The summed E-state index contributed by atoms with van der Waals surface area (Å²) in [5.41, 5.74) is 1.66. The van der Waals surface area contributed by atoms with Crippen molar-refractivity contribution >= 4 is 5.91 Å². The number of likely N-dealkylation sites (N-methyl/N-ethyl adjacent to an activating group) is 1. The number of H-pyrrole nitrogens is 1. The molecule has 0 spiro atoms. The summed E-state index contributed by atoms with van der Waals surface area (Å²) < 4.78 is 5.34. The van der Waals surface area contributed by atoms with Crippen molar-refractivity contribution in [1.29, 1.82) is 0 Å². The van der Waals surface area contributed by atoms with E-state index in [0.717, 1.165) is 17.7 Å². The number of para-hydroxylation sites is 1. The monoisotopic (exact) mass is 273 g/mol. The number of carbonyl (C=O) groups excluding carboxylic acids is 1. The summed E-state index contributed by atoms with van der Waals surface area (Å²) >= 11 is 0. The summed E-state index contributed by atoms with van der Waals surface area (Å²) in [6.45, 7) is 2.02. The summed E-state index contributed by atoms with van der Waals surface area (Å²) in [6.07, 6.45) is 3.88. The van der Waals surface area contributed by atoms with Crippen LogP contribution in [0.5, 0.6) is 5.75 Å². The van der Waals surface area contributed by atoms with Crippen molar-refractivity contribution in [1.82, 2.24) is 15.1 Å². The zero-order valence-electron chi connectivity index (χ0n) is 12.0. The number of nitrogens with zero attached hydrogens (tertiary/aromatic N) is 2. The van der Waals surface area contributed by atoms with Gasteiger partial charge in [0.05, 0.1) is 18.9 Å². The van der Waals surface area contributed by atoms with E-state index < -0.39 is 0 Å². The van der Waals surface area contributed by atoms with Crippen molar-refractivity contribution in [3.8, 4) is 5.75 Å². The fourth-order valence-electron chi connectivity index (χ4n) is 2.10. The van der Waals surface area contributed by atoms with Gasteiger partial charge in [-0.2, -0.15) is 5.10 Å². The van der Waals surface area contributed by atoms with Crippen molar-refractivity contribution in [2.24, 2.45) is 0 Å². The van der Waals surface area contributed by atoms with Gasteiger partial charge in [-0.15, -0.1) is 0 Å². The Morgan fingerprint density at radius 1 is 1.45 bits per heavy atom. The standard InChI is InChI=1S/C15H19N3O2/c1-11(8-12-6-4-5-7-14(12)20-3)18(2)15(19)13-9-16-17-10-13/h4-7,9-11H,8H2,1-3H3,(H,16,17). The van der Waals surface area contributed by atoms with E-state index in [1.807, 2.05) is 31.2 Å². The zero-order valence-corrected chi connectivity index (χ0v) is 12.0. The molecule has 1 unspecified atom stereocenters. The summed E-state index contributed by atoms with van der Waals surface area (Å²) in [6, 6.07) is 7.93. The van der Waals surface area contributed by atoms with Crippen LogP contribution >= 0.6 is 0 Å². The van der Waals surface area contributed by atoms with Crippen molar-refractivity contribution in [3.63, 3.8) is 0 Å². The summed E-state index contributed by atoms with van der Waals surface area (Å²) in [7, 11) is 3.46. The van der Waals surface area contributed by atoms with Crippen molar-refractivity contribution in [2.45, 2.75) is 19.4 Å². The van der Waals surface area contributed by atoms with E-state index in [-0.39, 0.29) is 11.9 Å². The van der Waals surface area contributed by atoms with Crippen molar-refractivity contribution in [3.05, 3.63) is 47.8 Å². The number of hydrogen-bond acceptors (Lipinski definition) is 3. The molecule has 0 radical (unpaired) electrons. The minimum absolute atomic E-state index is 0.0406. The number of methoxy groups -OCH3 is 1. The Morgan fingerprint density at radius 3 is 2.85 bits per heavy atom. The van der Waals surface area contributed by atoms with Crippen LogP contribution in [0.15, 0.2) is 36.7 Å². The molecule has 5 nitrogen and oxygen atoms in total. The molecule has 0 aliphatic carbocycles. The number of nitrogens with one attached hydrogen (secondary N) is 1. The second kappa shape index (κ2) is 6.23. The highest BCUT2D eigenvalue weighted by atomic mass is 16.5. The predicted octanol–water partition coefficient (Wildman–Crippen LogP) is 2.12. The van der Waals surface area contributed by atoms with Crippen LogP contribution in [0.4, 0.5) is 0 Å². The molecule has 2 aromatic rings. The maximum atomic E-state index is 12.2. The van der Waals surface area contributed by atoms with Gasteiger partial charge in [-0.05, 0) is 25.0 Å². The molecule has 1 atom stereocenters. The van der Waals surface area contributed by atoms with Crippen LogP contribution < -0.4 is 4.74 Å². The number of benzene rings is 1. The Morgan fingerprint density at radius 2 is 2.20 bits per heavy atom. The van der Waals surface area contributed by atoms with E-state index >= 15 is 0 Å². The average Bonchev–Trinajstić information content (AvgIpc) is 3.00. The molecule has 106 valence electrons. The maximum absolute atomic E-state index is 12.2. The molecule has 1 heterocycles. The minimum Gasteiger partial charge on any atom is -0.496 e. The van der Waals surface area contributed by atoms with Gasteiger partial charge in [-0.1, -0.05) is 18.2 Å². The number of carbonyl (C=O) groups is 1. The first-order valence-corrected chi connectivity index (χ1v) is 6.51. The van der Waals surface area contributed by atoms with Crippen LogP contribution in [-0.2, 0) is 6.42 Å². The second-order valence-corrected chi connectivity index (χ2v) is 4.77. The first-order valence-electron chi connectivity index (χ1n) is 6.51. The van der Waals surface area contributed by atoms with Crippen LogP contribution in [-0.4, -0.2) is 41.2 Å². The lowest BCUT2D eigenvalue weighted by Gasteiger charge is -2.25. The molecule has 0 aliphatic heterocycles. The lowest BCUT2D eigenvalue weighted by Crippen LogP contribution is -2.36. The number of ether oxygens (including phenoxy) is 1. The van der Waals surface area contributed by atoms with E-state index in [0.29, 0.717) is 5.56 Å². The van der Waals surface area contributed by atoms with E-state index in [2.05, 4.69) is 10.2 Å². The van der Waals surface area contributed by atoms with Gasteiger partial charge in [0, 0.05) is 19.3 Å². The van der Waals surface area contributed by atoms with Gasteiger partial charge in [0.25, 0.3) is 5.91 Å². The second-order valence-electron chi connectivity index (χ2n) is 4.77. The van der Waals surface area contributed by atoms with Gasteiger partial charge in [0.1, 0.15) is 5.75 Å². The highest BCUT2D eigenvalue weighted by Gasteiger charge is 2.19. The minimum atomic E-state index is -0.0406. The third-order valence-electron chi connectivity index (χ3n) is 3.43. The zero-order chi connectivity index (χ0) is 14.5. The quantitative estimate of drug-likeness (QED) is 0.907. The van der Waals surface area contributed by atoms with Crippen LogP contribution in [0, 0.1) is 0 Å². The number of rotatable bonds is 5. The fourth-order valence-corrected chi connectivity index (χ4v) is 2.10. The highest BCUT2D eigenvalue weighted by molar-refractivity contribution is 5.93. The molecule has 0 fully saturated rings. The van der Waals surface area contributed by atoms with Crippen LogP contribution in [0.3, 0.4) is 0 Å². The molecule has 1 N–H and O–H groups in total. The maximum Gasteiger partial charge on any atom is 0.257 e. The highest BCUT2D eigenvalue weighted by Crippen LogP contribution is 2.20. The fraction of sp³-hybridized carbons (Fsp3) is 0.333. The van der Waals surface area contributed by atoms with E-state index in [4.69, 9.17) is 4.74 Å². The Bertz CT molecular complexity index is 566. The Kier molecular flexibility index (Phi) is 4.40. The van der Waals surface area contributed by atoms with Gasteiger partial charge in [0.15, 0.2) is 0 Å². The molecule has 1 aromatic carbocycles. The Hall–Kier alpha value is -2.30. The summed E-state index contributed by atoms with van der Waals surface area (Å²) in [5, 5.41) is 6.46. The third kappa shape index (κ3) is 2.99. The molecule has 1 aromatic heterocycles. The van der Waals surface area contributed by atoms with E-state index in [1.54, 1.807) is 25.3 Å². The largest absolute Gasteiger partial charge is 0.496 e. The molecule has 5 heteroatoms. The van der Waals surface area contributed by atoms with Crippen molar-refractivity contribution in [2.75, 3.05) is 14.2 Å². The molecular weight excluding hydrogens is 254 g/mol. The van der Waals surface area contributed by atoms with Crippen molar-refractivity contribution < 1.29 is 9.53 Å². The molecule has 20 heavy (non-hydrogen) atoms. The molecule has 0 saturated carbocycles. The van der Waals surface area contributed by atoms with Gasteiger partial charge >= 0.3 is 0 Å². The predicted molar refractivity (Wildman–Crippen MR) is 76.8 cm³/mol. The summed E-state index contributed by atoms with van der Waals surface area (Å²) in [4.78, 5) is 13.9. The lowest BCUT2D eigenvalue weighted by atomic mass is 10.0. The van der Waals surface area contributed by atoms with Crippen LogP contribution in [0.25, 0.3) is 0 Å². The number of aromatic amines is 1. The van der Waals surface area contributed by atoms with Crippen LogP contribution in [0.2, 0.25) is 0 Å². The number of amides is 1. The molecule has 2 rings (SSSR count). The molecule has 0 aliphatic rings. The number of aromatic nitrogens is 2. The normalized spacial score (nSPS) is 11.9. The van der Waals surface area contributed by atoms with Gasteiger partial charge in [0.2, 0.25) is 0 Å². The average molecular weight is 273 g/mol. The molecule has 1 amide bonds. The van der Waals surface area contributed by atoms with Gasteiger partial charge in [-0.3, -0.25) is 9.89 Å². The van der Waals surface area contributed by atoms with E-state index in [9.17, 15) is 4.79 Å². The third-order valence-corrected chi connectivity index (χ3v) is 3.43. The van der Waals surface area contributed by atoms with Gasteiger partial charge in [-0.25, -0.2) is 0 Å². The SMILES string of the molecule is COc1ccccc1CC(C)N(C)C(=O)c1cn[nH]c1. The first-order chi connectivity index (χ1) is 9.63. The Labute approximate surface area is 118 Å². The van der Waals surface area contributed by atoms with E-state index in [1.165, 1.54) is 6.20 Å². The first kappa shape index (κ1) is 14.1. The smallest absolute Gasteiger partial charge is 0.257 e. The topological polar surface area (TPSA) is 58.2 Å². The summed E-state index contributed by atoms with van der Waals surface area (Å²) in [5.74, 6) is 0.810. The molecular formula is C15H19N3O2. The molecule has 0 saturated heterocycles. The Balaban J connectivity index is 2.08. The van der Waals surface area contributed by atoms with Gasteiger partial charge < -0.3 is 9.64 Å². The molecule has 0 bridgehead atoms. The number of hydrogen-bond donors (Lipinski definition) is 1. The lowest BCUT2D eigenvalue weighted by molar-refractivity contribution is 0.0743.